The summed E-state index contributed by atoms with van der Waals surface area (Å²) in [4.78, 5) is 20.5. The van der Waals surface area contributed by atoms with Gasteiger partial charge in [0, 0.05) is 0 Å². The molecule has 0 radical (unpaired) electrons. The number of rotatable bonds is 1. The van der Waals surface area contributed by atoms with Crippen molar-refractivity contribution in [3.05, 3.63) is 0 Å². The van der Waals surface area contributed by atoms with Crippen LogP contribution in [-0.4, -0.2) is 23.2 Å². The van der Waals surface area contributed by atoms with Gasteiger partial charge in [-0.25, -0.2) is 4.79 Å². The van der Waals surface area contributed by atoms with E-state index in [1.54, 1.807) is 0 Å². The van der Waals surface area contributed by atoms with Gasteiger partial charge in [0.05, 0.1) is 6.61 Å². The molecule has 1 unspecified atom stereocenters. The number of ketones is 1. The predicted octanol–water partition coefficient (Wildman–Crippen LogP) is 0.890. The molecule has 1 fully saturated rings. The second-order valence-corrected chi connectivity index (χ2v) is 3.24. The second kappa shape index (κ2) is 2.81. The highest BCUT2D eigenvalue weighted by Gasteiger charge is 2.44. The third-order valence-corrected chi connectivity index (χ3v) is 2.39. The summed E-state index contributed by atoms with van der Waals surface area (Å²) in [7, 11) is 0. The molecule has 1 rings (SSSR count). The van der Waals surface area contributed by atoms with Crippen molar-refractivity contribution < 1.29 is 14.3 Å². The molecular weight excluding hydrogens is 168 g/mol. The van der Waals surface area contributed by atoms with E-state index in [4.69, 9.17) is 11.6 Å². The fraction of sp³-hybridized carbons (Fsp3) is 0.714. The third-order valence-electron chi connectivity index (χ3n) is 1.78. The van der Waals surface area contributed by atoms with Gasteiger partial charge in [0.2, 0.25) is 0 Å². The van der Waals surface area contributed by atoms with Crippen LogP contribution in [0.5, 0.6) is 0 Å². The van der Waals surface area contributed by atoms with Gasteiger partial charge in [-0.3, -0.25) is 4.79 Å². The number of ether oxygens (including phenoxy) is 1. The van der Waals surface area contributed by atoms with E-state index in [2.05, 4.69) is 4.74 Å². The van der Waals surface area contributed by atoms with Crippen LogP contribution in [0.2, 0.25) is 0 Å². The molecule has 1 aliphatic heterocycles. The summed E-state index contributed by atoms with van der Waals surface area (Å²) in [6.45, 7) is 1.68. The van der Waals surface area contributed by atoms with E-state index in [1.165, 1.54) is 6.92 Å². The van der Waals surface area contributed by atoms with Crippen LogP contribution in [0.1, 0.15) is 19.8 Å². The van der Waals surface area contributed by atoms with Gasteiger partial charge in [0.15, 0.2) is 10.7 Å². The molecule has 0 saturated carbocycles. The Morgan fingerprint density at radius 1 is 1.73 bits per heavy atom. The SMILES string of the molecule is CC(=O)C1(Cl)CCCOC1=O. The first kappa shape index (κ1) is 8.53. The molecule has 1 atom stereocenters. The molecule has 1 saturated heterocycles. The summed E-state index contributed by atoms with van der Waals surface area (Å²) in [6.07, 6.45) is 1.05. The number of hydrogen-bond acceptors (Lipinski definition) is 3. The fourth-order valence-electron chi connectivity index (χ4n) is 1.02. The minimum atomic E-state index is -1.39. The Kier molecular flexibility index (Phi) is 2.18. The van der Waals surface area contributed by atoms with Gasteiger partial charge < -0.3 is 4.74 Å². The van der Waals surface area contributed by atoms with Gasteiger partial charge in [-0.2, -0.15) is 0 Å². The number of esters is 1. The Balaban J connectivity index is 2.81. The number of hydrogen-bond donors (Lipinski definition) is 0. The lowest BCUT2D eigenvalue weighted by Gasteiger charge is -2.26. The first-order chi connectivity index (χ1) is 5.07. The number of halogens is 1. The molecule has 0 spiro atoms. The van der Waals surface area contributed by atoms with Crippen LogP contribution >= 0.6 is 11.6 Å². The van der Waals surface area contributed by atoms with E-state index in [0.29, 0.717) is 19.4 Å². The maximum atomic E-state index is 11.0. The maximum absolute atomic E-state index is 11.0. The maximum Gasteiger partial charge on any atom is 0.334 e. The summed E-state index contributed by atoms with van der Waals surface area (Å²) < 4.78 is 4.66. The smallest absolute Gasteiger partial charge is 0.334 e. The predicted molar refractivity (Wildman–Crippen MR) is 39.5 cm³/mol. The molecular formula is C7H9ClO3. The van der Waals surface area contributed by atoms with Gasteiger partial charge in [-0.15, -0.1) is 0 Å². The summed E-state index contributed by atoms with van der Waals surface area (Å²) >= 11 is 5.74. The van der Waals surface area contributed by atoms with Crippen molar-refractivity contribution in [3.63, 3.8) is 0 Å². The molecule has 0 N–H and O–H groups in total. The van der Waals surface area contributed by atoms with E-state index in [9.17, 15) is 9.59 Å². The lowest BCUT2D eigenvalue weighted by molar-refractivity contribution is -0.153. The average Bonchev–Trinajstić information content (AvgIpc) is 1.95. The number of carbonyl (C=O) groups excluding carboxylic acids is 2. The van der Waals surface area contributed by atoms with E-state index in [1.807, 2.05) is 0 Å². The van der Waals surface area contributed by atoms with Gasteiger partial charge >= 0.3 is 5.97 Å². The van der Waals surface area contributed by atoms with Crippen LogP contribution in [0.25, 0.3) is 0 Å². The molecule has 3 nitrogen and oxygen atoms in total. The summed E-state index contributed by atoms with van der Waals surface area (Å²) in [6, 6.07) is 0. The fourth-order valence-corrected chi connectivity index (χ4v) is 1.21. The first-order valence-electron chi connectivity index (χ1n) is 3.44. The number of cyclic esters (lactones) is 1. The minimum Gasteiger partial charge on any atom is -0.464 e. The van der Waals surface area contributed by atoms with Crippen molar-refractivity contribution >= 4 is 23.4 Å². The molecule has 0 aromatic rings. The van der Waals surface area contributed by atoms with Crippen molar-refractivity contribution in [3.8, 4) is 0 Å². The summed E-state index contributed by atoms with van der Waals surface area (Å²) in [5, 5.41) is 0. The Morgan fingerprint density at radius 2 is 2.36 bits per heavy atom. The van der Waals surface area contributed by atoms with Crippen molar-refractivity contribution in [2.75, 3.05) is 6.61 Å². The molecule has 0 aromatic carbocycles. The zero-order valence-corrected chi connectivity index (χ0v) is 6.98. The molecule has 0 bridgehead atoms. The Morgan fingerprint density at radius 3 is 2.73 bits per heavy atom. The first-order valence-corrected chi connectivity index (χ1v) is 3.82. The van der Waals surface area contributed by atoms with Crippen LogP contribution in [0.4, 0.5) is 0 Å². The highest BCUT2D eigenvalue weighted by atomic mass is 35.5. The average molecular weight is 177 g/mol. The van der Waals surface area contributed by atoms with Gasteiger partial charge in [-0.05, 0) is 19.8 Å². The van der Waals surface area contributed by atoms with Crippen LogP contribution in [0, 0.1) is 0 Å². The Labute approximate surface area is 69.7 Å². The van der Waals surface area contributed by atoms with Crippen LogP contribution in [-0.2, 0) is 14.3 Å². The van der Waals surface area contributed by atoms with Crippen molar-refractivity contribution in [2.24, 2.45) is 0 Å². The molecule has 4 heteroatoms. The summed E-state index contributed by atoms with van der Waals surface area (Å²) in [5.41, 5.74) is 0. The zero-order valence-electron chi connectivity index (χ0n) is 6.22. The highest BCUT2D eigenvalue weighted by Crippen LogP contribution is 2.28. The van der Waals surface area contributed by atoms with E-state index in [-0.39, 0.29) is 5.78 Å². The molecule has 0 aromatic heterocycles. The Bertz CT molecular complexity index is 202. The highest BCUT2D eigenvalue weighted by molar-refractivity contribution is 6.45. The third kappa shape index (κ3) is 1.38. The van der Waals surface area contributed by atoms with Crippen molar-refractivity contribution in [1.29, 1.82) is 0 Å². The molecule has 1 heterocycles. The van der Waals surface area contributed by atoms with Gasteiger partial charge in [-0.1, -0.05) is 11.6 Å². The lowest BCUT2D eigenvalue weighted by Crippen LogP contribution is -2.44. The summed E-state index contributed by atoms with van der Waals surface area (Å²) in [5.74, 6) is -0.929. The Hall–Kier alpha value is -0.570. The topological polar surface area (TPSA) is 43.4 Å². The zero-order chi connectivity index (χ0) is 8.48. The molecule has 0 aliphatic carbocycles. The van der Waals surface area contributed by atoms with Gasteiger partial charge in [0.25, 0.3) is 0 Å². The van der Waals surface area contributed by atoms with E-state index in [0.717, 1.165) is 0 Å². The normalized spacial score (nSPS) is 31.3. The van der Waals surface area contributed by atoms with Crippen LogP contribution < -0.4 is 0 Å². The van der Waals surface area contributed by atoms with Gasteiger partial charge in [0.1, 0.15) is 0 Å². The lowest BCUT2D eigenvalue weighted by atomic mass is 9.96. The number of Topliss-reactive ketones (excluding diaryl/α,β-unsaturated/α-hetero) is 1. The number of alkyl halides is 1. The standard InChI is InChI=1S/C7H9ClO3/c1-5(9)7(8)3-2-4-11-6(7)10/h2-4H2,1H3. The molecule has 1 aliphatic rings. The number of carbonyl (C=O) groups is 2. The van der Waals surface area contributed by atoms with Crippen LogP contribution in [0.3, 0.4) is 0 Å². The molecule has 0 amide bonds. The van der Waals surface area contributed by atoms with E-state index >= 15 is 0 Å². The monoisotopic (exact) mass is 176 g/mol. The van der Waals surface area contributed by atoms with E-state index < -0.39 is 10.8 Å². The largest absolute Gasteiger partial charge is 0.464 e. The van der Waals surface area contributed by atoms with Crippen LogP contribution in [0.15, 0.2) is 0 Å². The molecule has 62 valence electrons. The second-order valence-electron chi connectivity index (χ2n) is 2.60. The molecule has 11 heavy (non-hydrogen) atoms. The van der Waals surface area contributed by atoms with Crippen molar-refractivity contribution in [2.45, 2.75) is 24.6 Å². The minimum absolute atomic E-state index is 0.330. The van der Waals surface area contributed by atoms with Crippen molar-refractivity contribution in [1.82, 2.24) is 0 Å². The quantitative estimate of drug-likeness (QED) is 0.339.